The fourth-order valence-corrected chi connectivity index (χ4v) is 3.97. The Balaban J connectivity index is 1.84. The highest BCUT2D eigenvalue weighted by molar-refractivity contribution is 7.90. The number of carbonyl (C=O) groups excluding carboxylic acids is 1. The van der Waals surface area contributed by atoms with Gasteiger partial charge in [-0.1, -0.05) is 23.5 Å². The first-order chi connectivity index (χ1) is 11.3. The molecule has 0 N–H and O–H groups in total. The molecule has 0 saturated carbocycles. The minimum atomic E-state index is -3.42. The van der Waals surface area contributed by atoms with Crippen LogP contribution in [-0.2, 0) is 9.84 Å². The lowest BCUT2D eigenvalue weighted by molar-refractivity contribution is 0.104. The zero-order valence-electron chi connectivity index (χ0n) is 12.6. The number of halogens is 2. The Morgan fingerprint density at radius 3 is 2.58 bits per heavy atom. The van der Waals surface area contributed by atoms with Gasteiger partial charge in [0.2, 0.25) is 5.78 Å². The molecule has 2 atom stereocenters. The van der Waals surface area contributed by atoms with E-state index in [2.05, 4.69) is 4.98 Å². The largest absolute Gasteiger partial charge is 0.342 e. The summed E-state index contributed by atoms with van der Waals surface area (Å²) in [5, 5.41) is 0.375. The first-order valence-electron chi connectivity index (χ1n) is 7.09. The Hall–Kier alpha value is -1.87. The van der Waals surface area contributed by atoms with Gasteiger partial charge in [-0.3, -0.25) is 4.79 Å². The molecule has 1 aliphatic rings. The lowest BCUT2D eigenvalue weighted by Gasteiger charge is -2.11. The van der Waals surface area contributed by atoms with Gasteiger partial charge in [0.25, 0.3) is 0 Å². The Morgan fingerprint density at radius 2 is 1.96 bits per heavy atom. The number of alkyl halides is 2. The number of benzene rings is 1. The predicted octanol–water partition coefficient (Wildman–Crippen LogP) is 2.27. The molecular formula is C15H14F2N2O3S2. The van der Waals surface area contributed by atoms with Gasteiger partial charge in [0.05, 0.1) is 29.1 Å². The van der Waals surface area contributed by atoms with Crippen LogP contribution in [0.1, 0.15) is 15.2 Å². The van der Waals surface area contributed by atoms with Crippen LogP contribution < -0.4 is 4.90 Å². The van der Waals surface area contributed by atoms with Crippen LogP contribution in [-0.4, -0.2) is 50.9 Å². The van der Waals surface area contributed by atoms with Gasteiger partial charge in [0, 0.05) is 11.8 Å². The molecule has 1 aromatic carbocycles. The number of ketones is 1. The fraction of sp³-hybridized carbons (Fsp3) is 0.333. The molecule has 5 nitrogen and oxygen atoms in total. The third kappa shape index (κ3) is 3.32. The number of nitrogens with zero attached hydrogens (tertiary/aromatic N) is 2. The van der Waals surface area contributed by atoms with Gasteiger partial charge in [0.1, 0.15) is 0 Å². The maximum absolute atomic E-state index is 13.3. The Kier molecular flexibility index (Phi) is 4.39. The smallest absolute Gasteiger partial charge is 0.204 e. The molecule has 0 unspecified atom stereocenters. The predicted molar refractivity (Wildman–Crippen MR) is 87.1 cm³/mol. The van der Waals surface area contributed by atoms with Crippen LogP contribution in [0.2, 0.25) is 0 Å². The molecule has 1 fully saturated rings. The summed E-state index contributed by atoms with van der Waals surface area (Å²) in [6.07, 6.45) is -0.706. The molecule has 1 aromatic heterocycles. The van der Waals surface area contributed by atoms with Crippen LogP contribution in [0.5, 0.6) is 0 Å². The molecule has 1 aliphatic heterocycles. The van der Waals surface area contributed by atoms with Crippen molar-refractivity contribution < 1.29 is 22.0 Å². The van der Waals surface area contributed by atoms with Crippen LogP contribution >= 0.6 is 11.3 Å². The van der Waals surface area contributed by atoms with Crippen molar-refractivity contribution in [2.75, 3.05) is 24.2 Å². The fourth-order valence-electron chi connectivity index (χ4n) is 2.41. The van der Waals surface area contributed by atoms with Gasteiger partial charge in [0.15, 0.2) is 27.3 Å². The van der Waals surface area contributed by atoms with E-state index >= 15 is 0 Å². The molecule has 128 valence electrons. The van der Waals surface area contributed by atoms with Crippen molar-refractivity contribution in [2.45, 2.75) is 17.2 Å². The SMILES string of the molecule is CS(=O)(=O)c1cccc(C(=O)c2cnc(N3C[C@H](F)[C@@H](F)C3)s2)c1. The molecule has 0 amide bonds. The summed E-state index contributed by atoms with van der Waals surface area (Å²) in [7, 11) is -3.42. The summed E-state index contributed by atoms with van der Waals surface area (Å²) in [5.74, 6) is -0.378. The summed E-state index contributed by atoms with van der Waals surface area (Å²) < 4.78 is 49.7. The molecule has 0 radical (unpaired) electrons. The lowest BCUT2D eigenvalue weighted by Crippen LogP contribution is -2.19. The van der Waals surface area contributed by atoms with Crippen molar-refractivity contribution in [3.63, 3.8) is 0 Å². The quantitative estimate of drug-likeness (QED) is 0.771. The van der Waals surface area contributed by atoms with Crippen LogP contribution in [0.25, 0.3) is 0 Å². The highest BCUT2D eigenvalue weighted by Gasteiger charge is 2.34. The highest BCUT2D eigenvalue weighted by atomic mass is 32.2. The molecule has 24 heavy (non-hydrogen) atoms. The number of thiazole rings is 1. The zero-order chi connectivity index (χ0) is 17.5. The highest BCUT2D eigenvalue weighted by Crippen LogP contribution is 2.29. The minimum absolute atomic E-state index is 0.0539. The van der Waals surface area contributed by atoms with Gasteiger partial charge < -0.3 is 4.90 Å². The Morgan fingerprint density at radius 1 is 1.29 bits per heavy atom. The van der Waals surface area contributed by atoms with E-state index in [0.29, 0.717) is 5.13 Å². The molecule has 2 heterocycles. The molecule has 0 spiro atoms. The van der Waals surface area contributed by atoms with Gasteiger partial charge in [-0.25, -0.2) is 22.2 Å². The topological polar surface area (TPSA) is 67.3 Å². The van der Waals surface area contributed by atoms with E-state index in [1.165, 1.54) is 35.4 Å². The van der Waals surface area contributed by atoms with Crippen molar-refractivity contribution in [3.05, 3.63) is 40.9 Å². The van der Waals surface area contributed by atoms with Gasteiger partial charge in [-0.05, 0) is 12.1 Å². The summed E-state index contributed by atoms with van der Waals surface area (Å²) >= 11 is 1.03. The minimum Gasteiger partial charge on any atom is -0.342 e. The summed E-state index contributed by atoms with van der Waals surface area (Å²) in [4.78, 5) is 18.3. The number of aromatic nitrogens is 1. The normalized spacial score (nSPS) is 21.2. The van der Waals surface area contributed by atoms with E-state index in [-0.39, 0.29) is 34.2 Å². The van der Waals surface area contributed by atoms with Crippen LogP contribution in [0.15, 0.2) is 35.4 Å². The van der Waals surface area contributed by atoms with Crippen molar-refractivity contribution >= 4 is 32.1 Å². The monoisotopic (exact) mass is 372 g/mol. The van der Waals surface area contributed by atoms with Gasteiger partial charge in [-0.2, -0.15) is 0 Å². The molecule has 0 aliphatic carbocycles. The average Bonchev–Trinajstić information content (AvgIpc) is 3.13. The first-order valence-corrected chi connectivity index (χ1v) is 9.80. The van der Waals surface area contributed by atoms with Crippen molar-refractivity contribution in [2.24, 2.45) is 0 Å². The van der Waals surface area contributed by atoms with Crippen LogP contribution in [0.3, 0.4) is 0 Å². The standard InChI is InChI=1S/C15H14F2N2O3S2/c1-24(21,22)10-4-2-3-9(5-10)14(20)13-6-18-15(23-13)19-7-11(16)12(17)8-19/h2-6,11-12H,7-8H2,1H3/t11-,12-/m0/s1. The second-order valence-corrected chi connectivity index (χ2v) is 8.60. The number of hydrogen-bond donors (Lipinski definition) is 0. The molecule has 3 rings (SSSR count). The number of carbonyl (C=O) groups is 1. The van der Waals surface area contributed by atoms with E-state index in [0.717, 1.165) is 17.6 Å². The van der Waals surface area contributed by atoms with Crippen molar-refractivity contribution in [3.8, 4) is 0 Å². The summed E-state index contributed by atoms with van der Waals surface area (Å²) in [6, 6.07) is 5.73. The zero-order valence-corrected chi connectivity index (χ0v) is 14.3. The molecule has 2 aromatic rings. The Labute approximate surface area is 141 Å². The maximum Gasteiger partial charge on any atom is 0.204 e. The third-order valence-electron chi connectivity index (χ3n) is 3.69. The molecule has 1 saturated heterocycles. The summed E-state index contributed by atoms with van der Waals surface area (Å²) in [6.45, 7) is -0.183. The van der Waals surface area contributed by atoms with E-state index in [1.807, 2.05) is 0 Å². The average molecular weight is 372 g/mol. The van der Waals surface area contributed by atoms with E-state index < -0.39 is 22.2 Å². The van der Waals surface area contributed by atoms with Crippen LogP contribution in [0.4, 0.5) is 13.9 Å². The van der Waals surface area contributed by atoms with E-state index in [1.54, 1.807) is 0 Å². The number of sulfone groups is 1. The first kappa shape index (κ1) is 17.0. The van der Waals surface area contributed by atoms with Gasteiger partial charge >= 0.3 is 0 Å². The lowest BCUT2D eigenvalue weighted by atomic mass is 10.1. The van der Waals surface area contributed by atoms with E-state index in [9.17, 15) is 22.0 Å². The number of rotatable bonds is 4. The molecule has 0 bridgehead atoms. The number of anilines is 1. The number of hydrogen-bond acceptors (Lipinski definition) is 6. The van der Waals surface area contributed by atoms with Crippen molar-refractivity contribution in [1.29, 1.82) is 0 Å². The van der Waals surface area contributed by atoms with E-state index in [4.69, 9.17) is 0 Å². The second kappa shape index (κ2) is 6.21. The second-order valence-electron chi connectivity index (χ2n) is 5.57. The Bertz CT molecular complexity index is 872. The molecule has 9 heteroatoms. The third-order valence-corrected chi connectivity index (χ3v) is 5.86. The van der Waals surface area contributed by atoms with Crippen LogP contribution in [0, 0.1) is 0 Å². The maximum atomic E-state index is 13.3. The summed E-state index contributed by atoms with van der Waals surface area (Å²) in [5.41, 5.74) is 0.223. The van der Waals surface area contributed by atoms with Gasteiger partial charge in [-0.15, -0.1) is 0 Å². The molecular weight excluding hydrogens is 358 g/mol. The van der Waals surface area contributed by atoms with Crippen molar-refractivity contribution in [1.82, 2.24) is 4.98 Å².